The molecule has 6 heteroatoms. The lowest BCUT2D eigenvalue weighted by Gasteiger charge is -2.29. The largest absolute Gasteiger partial charge is 0.317 e. The van der Waals surface area contributed by atoms with Crippen molar-refractivity contribution in [2.24, 2.45) is 5.92 Å². The van der Waals surface area contributed by atoms with Crippen LogP contribution in [0.5, 0.6) is 0 Å². The fourth-order valence-corrected chi connectivity index (χ4v) is 4.22. The summed E-state index contributed by atoms with van der Waals surface area (Å²) in [5.41, 5.74) is 0. The highest BCUT2D eigenvalue weighted by Crippen LogP contribution is 2.31. The molecule has 22 heavy (non-hydrogen) atoms. The van der Waals surface area contributed by atoms with Gasteiger partial charge in [0.25, 0.3) is 0 Å². The molecule has 0 atom stereocenters. The van der Waals surface area contributed by atoms with Crippen molar-refractivity contribution in [2.45, 2.75) is 38.5 Å². The number of hydrogen-bond donors (Lipinski definition) is 2. The molecular formula is C16H26N4OS. The maximum atomic E-state index is 12.2. The normalized spacial score (nSPS) is 21.9. The van der Waals surface area contributed by atoms with Crippen molar-refractivity contribution in [3.05, 3.63) is 11.1 Å². The third-order valence-corrected chi connectivity index (χ3v) is 5.83. The number of piperidine rings is 2. The second-order valence-electron chi connectivity index (χ2n) is 6.60. The van der Waals surface area contributed by atoms with Crippen LogP contribution in [0.25, 0.3) is 0 Å². The monoisotopic (exact) mass is 322 g/mol. The Morgan fingerprint density at radius 2 is 2.09 bits per heavy atom. The number of nitrogens with zero attached hydrogens (tertiary/aromatic N) is 2. The summed E-state index contributed by atoms with van der Waals surface area (Å²) in [5.74, 6) is 1.47. The van der Waals surface area contributed by atoms with Crippen LogP contribution in [0.3, 0.4) is 0 Å². The Labute approximate surface area is 136 Å². The molecule has 0 unspecified atom stereocenters. The third-order valence-electron chi connectivity index (χ3n) is 4.75. The summed E-state index contributed by atoms with van der Waals surface area (Å²) in [6.07, 6.45) is 6.68. The third kappa shape index (κ3) is 4.27. The number of carbonyl (C=O) groups is 1. The van der Waals surface area contributed by atoms with Crippen LogP contribution < -0.4 is 10.6 Å². The summed E-state index contributed by atoms with van der Waals surface area (Å²) >= 11 is 1.64. The number of hydrogen-bond acceptors (Lipinski definition) is 5. The Morgan fingerprint density at radius 1 is 1.36 bits per heavy atom. The van der Waals surface area contributed by atoms with Gasteiger partial charge in [-0.1, -0.05) is 6.92 Å². The molecule has 0 aliphatic carbocycles. The first kappa shape index (κ1) is 15.9. The van der Waals surface area contributed by atoms with Crippen LogP contribution in [0, 0.1) is 5.92 Å². The minimum Gasteiger partial charge on any atom is -0.317 e. The number of aromatic nitrogens is 1. The Balaban J connectivity index is 1.48. The summed E-state index contributed by atoms with van der Waals surface area (Å²) in [4.78, 5) is 20.1. The van der Waals surface area contributed by atoms with Gasteiger partial charge >= 0.3 is 0 Å². The van der Waals surface area contributed by atoms with E-state index in [0.29, 0.717) is 12.5 Å². The van der Waals surface area contributed by atoms with Crippen LogP contribution in [0.1, 0.15) is 43.4 Å². The van der Waals surface area contributed by atoms with E-state index in [4.69, 9.17) is 0 Å². The molecule has 2 fully saturated rings. The number of rotatable bonds is 4. The van der Waals surface area contributed by atoms with E-state index in [1.54, 1.807) is 11.3 Å². The van der Waals surface area contributed by atoms with E-state index < -0.39 is 0 Å². The van der Waals surface area contributed by atoms with Gasteiger partial charge in [0, 0.05) is 11.1 Å². The van der Waals surface area contributed by atoms with Gasteiger partial charge in [0.1, 0.15) is 0 Å². The van der Waals surface area contributed by atoms with Crippen molar-refractivity contribution in [3.8, 4) is 0 Å². The summed E-state index contributed by atoms with van der Waals surface area (Å²) in [7, 11) is 0. The molecule has 2 N–H and O–H groups in total. The van der Waals surface area contributed by atoms with Gasteiger partial charge in [-0.25, -0.2) is 4.98 Å². The standard InChI is InChI=1S/C16H26N4OS/c1-12-4-8-20(9-5-12)11-15(21)19-16-18-10-14(22-16)13-2-6-17-7-3-13/h10,12-13,17H,2-9,11H2,1H3,(H,18,19,21). The number of likely N-dealkylation sites (tertiary alicyclic amines) is 1. The second kappa shape index (κ2) is 7.53. The minimum absolute atomic E-state index is 0.0702. The van der Waals surface area contributed by atoms with Crippen molar-refractivity contribution in [2.75, 3.05) is 38.0 Å². The second-order valence-corrected chi connectivity index (χ2v) is 7.66. The van der Waals surface area contributed by atoms with E-state index in [9.17, 15) is 4.79 Å². The van der Waals surface area contributed by atoms with E-state index in [1.807, 2.05) is 6.20 Å². The molecule has 0 aromatic carbocycles. The zero-order chi connectivity index (χ0) is 15.4. The summed E-state index contributed by atoms with van der Waals surface area (Å²) in [5, 5.41) is 7.11. The minimum atomic E-state index is 0.0702. The fraction of sp³-hybridized carbons (Fsp3) is 0.750. The maximum absolute atomic E-state index is 12.2. The molecule has 122 valence electrons. The van der Waals surface area contributed by atoms with Crippen LogP contribution in [-0.4, -0.2) is 48.5 Å². The van der Waals surface area contributed by atoms with E-state index >= 15 is 0 Å². The first-order valence-electron chi connectivity index (χ1n) is 8.39. The van der Waals surface area contributed by atoms with Crippen LogP contribution in [0.15, 0.2) is 6.20 Å². The van der Waals surface area contributed by atoms with Crippen LogP contribution in [0.2, 0.25) is 0 Å². The fourth-order valence-electron chi connectivity index (χ4n) is 3.22. The van der Waals surface area contributed by atoms with Crippen molar-refractivity contribution < 1.29 is 4.79 Å². The molecule has 0 radical (unpaired) electrons. The Bertz CT molecular complexity index is 490. The summed E-state index contributed by atoms with van der Waals surface area (Å²) < 4.78 is 0. The van der Waals surface area contributed by atoms with Gasteiger partial charge in [0.15, 0.2) is 5.13 Å². The zero-order valence-electron chi connectivity index (χ0n) is 13.3. The van der Waals surface area contributed by atoms with E-state index in [0.717, 1.165) is 37.2 Å². The highest BCUT2D eigenvalue weighted by atomic mass is 32.1. The lowest BCUT2D eigenvalue weighted by molar-refractivity contribution is -0.117. The Kier molecular flexibility index (Phi) is 5.44. The van der Waals surface area contributed by atoms with Gasteiger partial charge in [0.2, 0.25) is 5.91 Å². The van der Waals surface area contributed by atoms with Crippen molar-refractivity contribution in [1.29, 1.82) is 0 Å². The van der Waals surface area contributed by atoms with Gasteiger partial charge in [-0.2, -0.15) is 0 Å². The SMILES string of the molecule is CC1CCN(CC(=O)Nc2ncc(C3CCNCC3)s2)CC1. The van der Waals surface area contributed by atoms with Gasteiger partial charge in [-0.3, -0.25) is 9.69 Å². The van der Waals surface area contributed by atoms with Crippen molar-refractivity contribution >= 4 is 22.4 Å². The molecule has 1 aromatic rings. The smallest absolute Gasteiger partial charge is 0.240 e. The Hall–Kier alpha value is -0.980. The number of thiazole rings is 1. The lowest BCUT2D eigenvalue weighted by atomic mass is 9.97. The molecule has 5 nitrogen and oxygen atoms in total. The molecule has 0 saturated carbocycles. The zero-order valence-corrected chi connectivity index (χ0v) is 14.1. The van der Waals surface area contributed by atoms with Gasteiger partial charge in [0.05, 0.1) is 6.54 Å². The molecule has 3 rings (SSSR count). The average Bonchev–Trinajstić information content (AvgIpc) is 2.99. The number of carbonyl (C=O) groups excluding carboxylic acids is 1. The lowest BCUT2D eigenvalue weighted by Crippen LogP contribution is -2.38. The molecule has 3 heterocycles. The molecule has 2 aliphatic rings. The maximum Gasteiger partial charge on any atom is 0.240 e. The van der Waals surface area contributed by atoms with E-state index in [1.165, 1.54) is 30.6 Å². The molecule has 1 amide bonds. The predicted octanol–water partition coefficient (Wildman–Crippen LogP) is 2.28. The molecule has 0 bridgehead atoms. The molecule has 2 saturated heterocycles. The van der Waals surface area contributed by atoms with Gasteiger partial charge in [-0.05, 0) is 63.7 Å². The van der Waals surface area contributed by atoms with Gasteiger partial charge < -0.3 is 10.6 Å². The predicted molar refractivity (Wildman–Crippen MR) is 90.4 cm³/mol. The van der Waals surface area contributed by atoms with Gasteiger partial charge in [-0.15, -0.1) is 11.3 Å². The van der Waals surface area contributed by atoms with Crippen LogP contribution in [-0.2, 0) is 4.79 Å². The number of anilines is 1. The van der Waals surface area contributed by atoms with Crippen molar-refractivity contribution in [3.63, 3.8) is 0 Å². The number of nitrogens with one attached hydrogen (secondary N) is 2. The van der Waals surface area contributed by atoms with E-state index in [2.05, 4.69) is 27.4 Å². The topological polar surface area (TPSA) is 57.3 Å². The van der Waals surface area contributed by atoms with Crippen LogP contribution in [0.4, 0.5) is 5.13 Å². The highest BCUT2D eigenvalue weighted by molar-refractivity contribution is 7.15. The van der Waals surface area contributed by atoms with Crippen molar-refractivity contribution in [1.82, 2.24) is 15.2 Å². The molecule has 1 aromatic heterocycles. The number of amides is 1. The molecule has 0 spiro atoms. The summed E-state index contributed by atoms with van der Waals surface area (Å²) in [6, 6.07) is 0. The van der Waals surface area contributed by atoms with Crippen LogP contribution >= 0.6 is 11.3 Å². The first-order valence-corrected chi connectivity index (χ1v) is 9.21. The average molecular weight is 322 g/mol. The molecular weight excluding hydrogens is 296 g/mol. The first-order chi connectivity index (χ1) is 10.7. The highest BCUT2D eigenvalue weighted by Gasteiger charge is 2.20. The van der Waals surface area contributed by atoms with E-state index in [-0.39, 0.29) is 5.91 Å². The summed E-state index contributed by atoms with van der Waals surface area (Å²) in [6.45, 7) is 7.01. The Morgan fingerprint density at radius 3 is 2.82 bits per heavy atom. The molecule has 2 aliphatic heterocycles. The quantitative estimate of drug-likeness (QED) is 0.893.